The number of carbonyl (C=O) groups is 2. The minimum Gasteiger partial charge on any atom is -0.481 e. The average Bonchev–Trinajstić information content (AvgIpc) is 2.95. The molecule has 0 bridgehead atoms. The van der Waals surface area contributed by atoms with Crippen molar-refractivity contribution in [2.75, 3.05) is 4.90 Å². The normalized spacial score (nSPS) is 12.8. The molecule has 6 heteroatoms. The van der Waals surface area contributed by atoms with Gasteiger partial charge >= 0.3 is 5.97 Å². The monoisotopic (exact) mass is 389 g/mol. The highest BCUT2D eigenvalue weighted by atomic mass is 16.4. The molecule has 2 aromatic carbocycles. The quantitative estimate of drug-likeness (QED) is 0.741. The smallest absolute Gasteiger partial charge is 0.303 e. The Kier molecular flexibility index (Phi) is 4.92. The Morgan fingerprint density at radius 2 is 1.93 bits per heavy atom. The lowest BCUT2D eigenvalue weighted by Crippen LogP contribution is -2.30. The minimum atomic E-state index is -0.821. The predicted octanol–water partition coefficient (Wildman–Crippen LogP) is 3.50. The standard InChI is InChI=1S/C23H23N3O3/c1-15-11-18(8-7-16(15)9-10-22(27)28)23(29)26-14-19-13-24-25(2)21(19)12-17-5-3-4-6-20(17)26/h3-8,11,13H,9-10,12,14H2,1-2H3,(H,27,28). The van der Waals surface area contributed by atoms with Gasteiger partial charge in [0.25, 0.3) is 5.91 Å². The highest BCUT2D eigenvalue weighted by molar-refractivity contribution is 6.06. The number of carboxylic acids is 1. The zero-order valence-electron chi connectivity index (χ0n) is 16.6. The molecular weight excluding hydrogens is 366 g/mol. The molecule has 29 heavy (non-hydrogen) atoms. The van der Waals surface area contributed by atoms with Crippen molar-refractivity contribution in [3.05, 3.63) is 82.2 Å². The van der Waals surface area contributed by atoms with E-state index in [0.717, 1.165) is 40.1 Å². The van der Waals surface area contributed by atoms with Gasteiger partial charge in [0, 0.05) is 42.4 Å². The molecular formula is C23H23N3O3. The van der Waals surface area contributed by atoms with Gasteiger partial charge in [-0.25, -0.2) is 0 Å². The van der Waals surface area contributed by atoms with E-state index in [0.29, 0.717) is 18.5 Å². The molecule has 1 aromatic heterocycles. The number of anilines is 1. The zero-order chi connectivity index (χ0) is 20.5. The number of amides is 1. The number of para-hydroxylation sites is 1. The second kappa shape index (κ2) is 7.54. The number of hydrogen-bond acceptors (Lipinski definition) is 3. The van der Waals surface area contributed by atoms with Crippen LogP contribution in [0.2, 0.25) is 0 Å². The molecule has 1 N–H and O–H groups in total. The number of hydrogen-bond donors (Lipinski definition) is 1. The number of nitrogens with zero attached hydrogens (tertiary/aromatic N) is 3. The zero-order valence-corrected chi connectivity index (χ0v) is 16.6. The van der Waals surface area contributed by atoms with E-state index in [1.807, 2.05) is 60.1 Å². The highest BCUT2D eigenvalue weighted by Crippen LogP contribution is 2.31. The summed E-state index contributed by atoms with van der Waals surface area (Å²) in [6, 6.07) is 13.5. The van der Waals surface area contributed by atoms with Gasteiger partial charge < -0.3 is 10.0 Å². The Hall–Kier alpha value is -3.41. The molecule has 0 saturated heterocycles. The first-order valence-electron chi connectivity index (χ1n) is 9.65. The van der Waals surface area contributed by atoms with Crippen LogP contribution >= 0.6 is 0 Å². The molecule has 1 aliphatic rings. The third kappa shape index (κ3) is 3.66. The van der Waals surface area contributed by atoms with E-state index in [1.54, 1.807) is 6.07 Å². The van der Waals surface area contributed by atoms with E-state index in [9.17, 15) is 9.59 Å². The topological polar surface area (TPSA) is 75.4 Å². The van der Waals surface area contributed by atoms with Crippen LogP contribution in [0.1, 0.15) is 44.7 Å². The Labute approximate surface area is 169 Å². The molecule has 0 aliphatic carbocycles. The van der Waals surface area contributed by atoms with Gasteiger partial charge in [0.2, 0.25) is 0 Å². The van der Waals surface area contributed by atoms with E-state index >= 15 is 0 Å². The van der Waals surface area contributed by atoms with Gasteiger partial charge in [0.05, 0.1) is 12.7 Å². The summed E-state index contributed by atoms with van der Waals surface area (Å²) in [5, 5.41) is 13.3. The number of rotatable bonds is 4. The minimum absolute atomic E-state index is 0.0676. The van der Waals surface area contributed by atoms with Crippen LogP contribution in [0.15, 0.2) is 48.7 Å². The fraction of sp³-hybridized carbons (Fsp3) is 0.261. The van der Waals surface area contributed by atoms with Gasteiger partial charge in [-0.1, -0.05) is 24.3 Å². The maximum absolute atomic E-state index is 13.5. The molecule has 1 amide bonds. The summed E-state index contributed by atoms with van der Waals surface area (Å²) in [4.78, 5) is 26.1. The summed E-state index contributed by atoms with van der Waals surface area (Å²) < 4.78 is 1.88. The van der Waals surface area contributed by atoms with Crippen LogP contribution in [-0.2, 0) is 31.2 Å². The lowest BCUT2D eigenvalue weighted by atomic mass is 10.0. The maximum Gasteiger partial charge on any atom is 0.303 e. The van der Waals surface area contributed by atoms with E-state index in [-0.39, 0.29) is 12.3 Å². The first-order chi connectivity index (χ1) is 13.9. The van der Waals surface area contributed by atoms with Crippen molar-refractivity contribution in [2.45, 2.75) is 32.7 Å². The second-order valence-corrected chi connectivity index (χ2v) is 7.47. The van der Waals surface area contributed by atoms with Crippen molar-refractivity contribution < 1.29 is 14.7 Å². The maximum atomic E-state index is 13.5. The van der Waals surface area contributed by atoms with Crippen LogP contribution in [0.5, 0.6) is 0 Å². The summed E-state index contributed by atoms with van der Waals surface area (Å²) in [7, 11) is 1.93. The number of fused-ring (bicyclic) bond motifs is 2. The number of carbonyl (C=O) groups excluding carboxylic acids is 1. The summed E-state index contributed by atoms with van der Waals surface area (Å²) in [6.45, 7) is 2.39. The largest absolute Gasteiger partial charge is 0.481 e. The first kappa shape index (κ1) is 18.9. The number of benzene rings is 2. The van der Waals surface area contributed by atoms with E-state index < -0.39 is 5.97 Å². The van der Waals surface area contributed by atoms with Crippen molar-refractivity contribution in [1.82, 2.24) is 9.78 Å². The molecule has 4 rings (SSSR count). The Balaban J connectivity index is 1.69. The molecule has 0 radical (unpaired) electrons. The van der Waals surface area contributed by atoms with Crippen LogP contribution in [-0.4, -0.2) is 26.8 Å². The number of carboxylic acid groups (broad SMARTS) is 1. The molecule has 0 saturated carbocycles. The van der Waals surface area contributed by atoms with Gasteiger partial charge in [-0.2, -0.15) is 5.10 Å². The SMILES string of the molecule is Cc1cc(C(=O)N2Cc3cnn(C)c3Cc3ccccc32)ccc1CCC(=O)O. The third-order valence-electron chi connectivity index (χ3n) is 5.56. The molecule has 6 nitrogen and oxygen atoms in total. The third-order valence-corrected chi connectivity index (χ3v) is 5.56. The Morgan fingerprint density at radius 3 is 2.69 bits per heavy atom. The Morgan fingerprint density at radius 1 is 1.14 bits per heavy atom. The summed E-state index contributed by atoms with van der Waals surface area (Å²) in [5.74, 6) is -0.889. The lowest BCUT2D eigenvalue weighted by molar-refractivity contribution is -0.136. The van der Waals surface area contributed by atoms with Crippen LogP contribution in [0.4, 0.5) is 5.69 Å². The highest BCUT2D eigenvalue weighted by Gasteiger charge is 2.26. The van der Waals surface area contributed by atoms with Gasteiger partial charge in [0.1, 0.15) is 0 Å². The number of aliphatic carboxylic acids is 1. The van der Waals surface area contributed by atoms with Crippen LogP contribution < -0.4 is 4.90 Å². The predicted molar refractivity (Wildman–Crippen MR) is 110 cm³/mol. The number of aromatic nitrogens is 2. The van der Waals surface area contributed by atoms with Gasteiger partial charge in [-0.3, -0.25) is 14.3 Å². The van der Waals surface area contributed by atoms with Gasteiger partial charge in [-0.05, 0) is 48.2 Å². The lowest BCUT2D eigenvalue weighted by Gasteiger charge is -2.23. The van der Waals surface area contributed by atoms with Crippen molar-refractivity contribution in [1.29, 1.82) is 0 Å². The molecule has 0 unspecified atom stereocenters. The average molecular weight is 389 g/mol. The molecule has 0 spiro atoms. The van der Waals surface area contributed by atoms with Crippen LogP contribution in [0.25, 0.3) is 0 Å². The fourth-order valence-electron chi connectivity index (χ4n) is 3.92. The summed E-state index contributed by atoms with van der Waals surface area (Å²) >= 11 is 0. The molecule has 0 fully saturated rings. The molecule has 3 aromatic rings. The van der Waals surface area contributed by atoms with Gasteiger partial charge in [0.15, 0.2) is 0 Å². The molecule has 0 atom stereocenters. The van der Waals surface area contributed by atoms with E-state index in [4.69, 9.17) is 5.11 Å². The summed E-state index contributed by atoms with van der Waals surface area (Å²) in [6.07, 6.45) is 3.11. The van der Waals surface area contributed by atoms with Gasteiger partial charge in [-0.15, -0.1) is 0 Å². The van der Waals surface area contributed by atoms with E-state index in [2.05, 4.69) is 11.2 Å². The van der Waals surface area contributed by atoms with Crippen molar-refractivity contribution in [3.63, 3.8) is 0 Å². The first-order valence-corrected chi connectivity index (χ1v) is 9.65. The van der Waals surface area contributed by atoms with Crippen LogP contribution in [0, 0.1) is 6.92 Å². The molecule has 2 heterocycles. The molecule has 148 valence electrons. The van der Waals surface area contributed by atoms with Crippen molar-refractivity contribution in [2.24, 2.45) is 7.05 Å². The number of aryl methyl sites for hydroxylation is 3. The fourth-order valence-corrected chi connectivity index (χ4v) is 3.92. The summed E-state index contributed by atoms with van der Waals surface area (Å²) in [5.41, 5.74) is 6.67. The van der Waals surface area contributed by atoms with Crippen molar-refractivity contribution in [3.8, 4) is 0 Å². The van der Waals surface area contributed by atoms with E-state index in [1.165, 1.54) is 0 Å². The Bertz CT molecular complexity index is 1100. The van der Waals surface area contributed by atoms with Crippen molar-refractivity contribution >= 4 is 17.6 Å². The van der Waals surface area contributed by atoms with Crippen LogP contribution in [0.3, 0.4) is 0 Å². The molecule has 1 aliphatic heterocycles. The second-order valence-electron chi connectivity index (χ2n) is 7.47.